The molecule has 36 heavy (non-hydrogen) atoms. The van der Waals surface area contributed by atoms with Gasteiger partial charge in [0.15, 0.2) is 10.1 Å². The molecule has 0 saturated heterocycles. The Kier molecular flexibility index (Phi) is 7.90. The molecule has 1 aliphatic carbocycles. The highest BCUT2D eigenvalue weighted by Gasteiger charge is 2.83. The van der Waals surface area contributed by atoms with Crippen LogP contribution in [0, 0.1) is 0 Å². The summed E-state index contributed by atoms with van der Waals surface area (Å²) in [5.41, 5.74) is 8.18. The van der Waals surface area contributed by atoms with Gasteiger partial charge in [0.25, 0.3) is 0 Å². The molecule has 1 aliphatic rings. The zero-order valence-electron chi connectivity index (χ0n) is 17.5. The summed E-state index contributed by atoms with van der Waals surface area (Å²) in [7, 11) is -7.42. The molecule has 0 spiro atoms. The van der Waals surface area contributed by atoms with Crippen LogP contribution in [0.15, 0.2) is 72.8 Å². The van der Waals surface area contributed by atoms with Gasteiger partial charge in [-0.3, -0.25) is 0 Å². The van der Waals surface area contributed by atoms with E-state index in [0.717, 1.165) is 0 Å². The monoisotopic (exact) mass is 562 g/mol. The van der Waals surface area contributed by atoms with Gasteiger partial charge in [-0.25, -0.2) is 8.42 Å². The number of alkyl halides is 9. The van der Waals surface area contributed by atoms with E-state index in [0.29, 0.717) is 0 Å². The zero-order chi connectivity index (χ0) is 26.4. The quantitative estimate of drug-likeness (QED) is 0.170. The molecule has 196 valence electrons. The Morgan fingerprint density at radius 2 is 1.00 bits per heavy atom. The molecule has 0 aromatic heterocycles. The Morgan fingerprint density at radius 1 is 0.556 bits per heavy atom. The van der Waals surface area contributed by atoms with Crippen molar-refractivity contribution < 1.29 is 52.5 Å². The topological polar surface area (TPSA) is 57.2 Å². The highest BCUT2D eigenvalue weighted by molar-refractivity contribution is 7.86. The molecule has 0 heterocycles. The van der Waals surface area contributed by atoms with Crippen LogP contribution in [0.4, 0.5) is 39.5 Å². The molecule has 0 bridgehead atoms. The van der Waals surface area contributed by atoms with Crippen molar-refractivity contribution in [2.24, 2.45) is 0 Å². The molecule has 0 aliphatic heterocycles. The number of rotatable bonds is 4. The highest BCUT2D eigenvalue weighted by Crippen LogP contribution is 2.54. The third kappa shape index (κ3) is 4.68. The Bertz CT molecular complexity index is 1320. The van der Waals surface area contributed by atoms with Crippen molar-refractivity contribution in [3.05, 3.63) is 72.8 Å². The molecule has 0 unspecified atom stereocenters. The minimum Gasteiger partial charge on any atom is -0.743 e. The fraction of sp³-hybridized carbons (Fsp3) is 0.182. The summed E-state index contributed by atoms with van der Waals surface area (Å²) in [6.07, 6.45) is -7.16. The predicted molar refractivity (Wildman–Crippen MR) is 118 cm³/mol. The summed E-state index contributed by atoms with van der Waals surface area (Å²) >= 11 is 0. The fourth-order valence-corrected chi connectivity index (χ4v) is 3.76. The second-order valence-corrected chi connectivity index (χ2v) is 8.68. The van der Waals surface area contributed by atoms with Gasteiger partial charge in [0.2, 0.25) is 0 Å². The Morgan fingerprint density at radius 3 is 1.50 bits per heavy atom. The molecule has 3 nitrogen and oxygen atoms in total. The first-order valence-electron chi connectivity index (χ1n) is 9.39. The maximum Gasteiger partial charge on any atom is 0.460 e. The Hall–Kier alpha value is -2.71. The van der Waals surface area contributed by atoms with E-state index in [2.05, 4.69) is 72.8 Å². The maximum absolute atomic E-state index is 12.2. The minimum absolute atomic E-state index is 0. The summed E-state index contributed by atoms with van der Waals surface area (Å²) in [4.78, 5) is 0. The lowest BCUT2D eigenvalue weighted by atomic mass is 9.77. The Balaban J connectivity index is 0.000000248. The van der Waals surface area contributed by atoms with Crippen molar-refractivity contribution in [2.45, 2.75) is 23.3 Å². The minimum atomic E-state index is -7.43. The van der Waals surface area contributed by atoms with Crippen LogP contribution < -0.4 is 0 Å². The molecule has 3 aromatic rings. The van der Waals surface area contributed by atoms with E-state index in [9.17, 15) is 52.5 Å². The smallest absolute Gasteiger partial charge is 0.460 e. The highest BCUT2D eigenvalue weighted by atomic mass is 32.2. The third-order valence-electron chi connectivity index (χ3n) is 5.07. The predicted octanol–water partition coefficient (Wildman–Crippen LogP) is 6.15. The summed E-state index contributed by atoms with van der Waals surface area (Å²) in [5, 5.41) is -7.11. The van der Waals surface area contributed by atoms with E-state index in [1.807, 2.05) is 0 Å². The van der Waals surface area contributed by atoms with Crippen LogP contribution in [-0.2, 0) is 23.6 Å². The maximum atomic E-state index is 12.2. The van der Waals surface area contributed by atoms with Gasteiger partial charge in [-0.15, -0.1) is 0 Å². The van der Waals surface area contributed by atoms with E-state index in [1.54, 1.807) is 0 Å². The molecule has 14 heteroatoms. The van der Waals surface area contributed by atoms with Crippen molar-refractivity contribution in [3.8, 4) is 33.4 Å². The first-order chi connectivity index (χ1) is 15.9. The van der Waals surface area contributed by atoms with Gasteiger partial charge in [-0.2, -0.15) is 39.5 Å². The van der Waals surface area contributed by atoms with Crippen LogP contribution in [-0.4, -0.2) is 36.2 Å². The molecule has 0 amide bonds. The van der Waals surface area contributed by atoms with Crippen LogP contribution in [0.3, 0.4) is 0 Å². The van der Waals surface area contributed by atoms with Crippen molar-refractivity contribution in [1.82, 2.24) is 0 Å². The summed E-state index contributed by atoms with van der Waals surface area (Å²) in [6.45, 7) is 0. The van der Waals surface area contributed by atoms with E-state index < -0.39 is 33.4 Å². The van der Waals surface area contributed by atoms with Crippen molar-refractivity contribution in [1.29, 1.82) is 0 Å². The van der Waals surface area contributed by atoms with Gasteiger partial charge >= 0.3 is 23.3 Å². The molecule has 0 N–H and O–H groups in total. The standard InChI is InChI=1S/C18H12.C4HF9O3S.H2S/c1-2-7-13(8-3-1)14-11-6-12-17-15-9-4-5-10-16(15)18(14)17;5-1(6,3(9,10)11)2(7,8)4(12,13)17(14,15)16;/h1-12H;(H,14,15,16);1H2. The van der Waals surface area contributed by atoms with Crippen molar-refractivity contribution in [3.63, 3.8) is 0 Å². The number of benzene rings is 3. The van der Waals surface area contributed by atoms with Gasteiger partial charge in [0.05, 0.1) is 0 Å². The van der Waals surface area contributed by atoms with Crippen LogP contribution in [0.5, 0.6) is 0 Å². The molecular formula is C22H15F9O3S2. The van der Waals surface area contributed by atoms with Crippen LogP contribution >= 0.6 is 0 Å². The molecule has 0 atom stereocenters. The van der Waals surface area contributed by atoms with Gasteiger partial charge in [0, 0.05) is 0 Å². The summed E-state index contributed by atoms with van der Waals surface area (Å²) in [6, 6.07) is 25.8. The lowest BCUT2D eigenvalue weighted by molar-refractivity contribution is -0.382. The van der Waals surface area contributed by atoms with Crippen LogP contribution in [0.1, 0.15) is 0 Å². The van der Waals surface area contributed by atoms with E-state index >= 15 is 0 Å². The summed E-state index contributed by atoms with van der Waals surface area (Å²) in [5.74, 6) is -14.8. The molecule has 3 aromatic carbocycles. The van der Waals surface area contributed by atoms with Gasteiger partial charge < -0.3 is 4.55 Å². The SMILES string of the molecule is O=S(=O)([O-])C(F)(F)C(F)(F)C(F)(F)C(F)(F)F.[SH3+].c1ccc(-c2cccc3c2-c2ccccc2-3)cc1. The molecule has 0 fully saturated rings. The first kappa shape index (κ1) is 29.5. The number of hydrogen-bond acceptors (Lipinski definition) is 3. The second-order valence-electron chi connectivity index (χ2n) is 7.26. The number of halogens is 9. The van der Waals surface area contributed by atoms with Gasteiger partial charge in [-0.1, -0.05) is 86.3 Å². The van der Waals surface area contributed by atoms with E-state index in [4.69, 9.17) is 0 Å². The molecule has 4 rings (SSSR count). The number of hydrogen-bond donors (Lipinski definition) is 0. The average Bonchev–Trinajstić information content (AvgIpc) is 2.76. The largest absolute Gasteiger partial charge is 0.743 e. The number of fused-ring (bicyclic) bond motifs is 4. The first-order valence-corrected chi connectivity index (χ1v) is 10.8. The van der Waals surface area contributed by atoms with Crippen molar-refractivity contribution in [2.75, 3.05) is 0 Å². The lowest BCUT2D eigenvalue weighted by Gasteiger charge is -2.34. The fourth-order valence-electron chi connectivity index (χ4n) is 3.32. The molecule has 0 radical (unpaired) electrons. The average molecular weight is 562 g/mol. The van der Waals surface area contributed by atoms with Gasteiger partial charge in [-0.05, 0) is 33.4 Å². The second kappa shape index (κ2) is 9.63. The van der Waals surface area contributed by atoms with E-state index in [-0.39, 0.29) is 13.5 Å². The van der Waals surface area contributed by atoms with Crippen molar-refractivity contribution >= 4 is 23.6 Å². The Labute approximate surface area is 205 Å². The summed E-state index contributed by atoms with van der Waals surface area (Å²) < 4.78 is 135. The molecular weight excluding hydrogens is 547 g/mol. The molecule has 0 saturated carbocycles. The third-order valence-corrected chi connectivity index (χ3v) is 5.95. The van der Waals surface area contributed by atoms with Crippen LogP contribution in [0.25, 0.3) is 33.4 Å². The zero-order valence-corrected chi connectivity index (χ0v) is 19.5. The normalized spacial score (nSPS) is 13.3. The van der Waals surface area contributed by atoms with E-state index in [1.165, 1.54) is 33.4 Å². The van der Waals surface area contributed by atoms with Crippen LogP contribution in [0.2, 0.25) is 0 Å². The van der Waals surface area contributed by atoms with Gasteiger partial charge in [0.1, 0.15) is 0 Å². The lowest BCUT2D eigenvalue weighted by Crippen LogP contribution is -2.63.